The van der Waals surface area contributed by atoms with E-state index in [1.54, 1.807) is 6.20 Å². The first-order chi connectivity index (χ1) is 12.8. The van der Waals surface area contributed by atoms with Crippen molar-refractivity contribution >= 4 is 5.91 Å². The molecule has 142 valence electrons. The molecule has 6 nitrogen and oxygen atoms in total. The Hall–Kier alpha value is -1.40. The van der Waals surface area contributed by atoms with Gasteiger partial charge in [-0.1, -0.05) is 19.3 Å². The van der Waals surface area contributed by atoms with Crippen LogP contribution >= 0.6 is 0 Å². The summed E-state index contributed by atoms with van der Waals surface area (Å²) in [4.78, 5) is 15.4. The van der Waals surface area contributed by atoms with Crippen LogP contribution in [0.5, 0.6) is 0 Å². The molecule has 0 bridgehead atoms. The minimum absolute atomic E-state index is 0.0452. The van der Waals surface area contributed by atoms with Crippen molar-refractivity contribution in [2.24, 2.45) is 5.92 Å². The number of nitrogens with one attached hydrogen (secondary N) is 2. The Balaban J connectivity index is 1.21. The van der Waals surface area contributed by atoms with Gasteiger partial charge >= 0.3 is 0 Å². The van der Waals surface area contributed by atoms with Gasteiger partial charge in [-0.3, -0.25) is 14.8 Å². The van der Waals surface area contributed by atoms with Crippen molar-refractivity contribution in [1.29, 1.82) is 0 Å². The third kappa shape index (κ3) is 3.29. The molecule has 1 aromatic rings. The van der Waals surface area contributed by atoms with E-state index >= 15 is 0 Å². The molecular weight excluding hydrogens is 328 g/mol. The van der Waals surface area contributed by atoms with E-state index in [0.717, 1.165) is 43.3 Å². The van der Waals surface area contributed by atoms with Gasteiger partial charge in [-0.2, -0.15) is 5.10 Å². The van der Waals surface area contributed by atoms with Crippen molar-refractivity contribution in [3.8, 4) is 0 Å². The van der Waals surface area contributed by atoms with E-state index in [-0.39, 0.29) is 11.9 Å². The number of aromatic nitrogens is 2. The molecule has 0 spiro atoms. The lowest BCUT2D eigenvalue weighted by atomic mass is 9.85. The zero-order chi connectivity index (χ0) is 17.5. The third-order valence-electron chi connectivity index (χ3n) is 6.85. The summed E-state index contributed by atoms with van der Waals surface area (Å²) >= 11 is 0. The minimum atomic E-state index is 0.0452. The Morgan fingerprint density at radius 1 is 1.19 bits per heavy atom. The Kier molecular flexibility index (Phi) is 4.49. The van der Waals surface area contributed by atoms with Crippen molar-refractivity contribution < 1.29 is 9.53 Å². The second-order valence-corrected chi connectivity index (χ2v) is 8.76. The Labute approximate surface area is 155 Å². The fraction of sp³-hybridized carbons (Fsp3) is 0.800. The van der Waals surface area contributed by atoms with Crippen LogP contribution in [0.4, 0.5) is 0 Å². The zero-order valence-electron chi connectivity index (χ0n) is 15.5. The van der Waals surface area contributed by atoms with Gasteiger partial charge in [0.2, 0.25) is 0 Å². The number of hydrogen-bond acceptors (Lipinski definition) is 4. The topological polar surface area (TPSA) is 70.2 Å². The van der Waals surface area contributed by atoms with E-state index in [4.69, 9.17) is 4.74 Å². The van der Waals surface area contributed by atoms with Gasteiger partial charge in [0.25, 0.3) is 5.91 Å². The molecule has 2 saturated heterocycles. The highest BCUT2D eigenvalue weighted by molar-refractivity contribution is 5.95. The van der Waals surface area contributed by atoms with Gasteiger partial charge in [0.05, 0.1) is 30.2 Å². The highest BCUT2D eigenvalue weighted by Gasteiger charge is 2.42. The first-order valence-electron chi connectivity index (χ1n) is 10.5. The van der Waals surface area contributed by atoms with Crippen molar-refractivity contribution in [2.75, 3.05) is 19.7 Å². The maximum atomic E-state index is 12.9. The number of aromatic amines is 1. The van der Waals surface area contributed by atoms with Crippen molar-refractivity contribution in [1.82, 2.24) is 20.4 Å². The Morgan fingerprint density at radius 3 is 2.85 bits per heavy atom. The molecule has 2 N–H and O–H groups in total. The molecule has 2 aliphatic carbocycles. The van der Waals surface area contributed by atoms with Crippen LogP contribution in [-0.4, -0.2) is 58.9 Å². The standard InChI is InChI=1S/C20H30N4O2/c25-20(17-9-21-23-19(17)14-4-2-1-3-5-14)22-15-8-16-12-26-18(13-6-7-13)11-24(16)10-15/h9,13-16,18H,1-8,10-12H2,(H,21,23)(H,22,25)/t15-,16+,18-/m1/s1. The molecule has 3 atom stereocenters. The van der Waals surface area contributed by atoms with E-state index in [0.29, 0.717) is 18.1 Å². The van der Waals surface area contributed by atoms with E-state index < -0.39 is 0 Å². The second-order valence-electron chi connectivity index (χ2n) is 8.76. The van der Waals surface area contributed by atoms with Gasteiger partial charge in [0, 0.05) is 31.1 Å². The molecule has 4 aliphatic rings. The van der Waals surface area contributed by atoms with Crippen LogP contribution in [0.2, 0.25) is 0 Å². The summed E-state index contributed by atoms with van der Waals surface area (Å²) in [6.07, 6.45) is 12.0. The number of morpholine rings is 1. The number of rotatable bonds is 4. The van der Waals surface area contributed by atoms with Crippen LogP contribution in [0.15, 0.2) is 6.20 Å². The molecule has 2 aliphatic heterocycles. The Bertz CT molecular complexity index is 650. The number of carbonyl (C=O) groups excluding carboxylic acids is 1. The minimum Gasteiger partial charge on any atom is -0.375 e. The molecule has 0 unspecified atom stereocenters. The lowest BCUT2D eigenvalue weighted by molar-refractivity contribution is -0.0581. The first-order valence-corrected chi connectivity index (χ1v) is 10.5. The fourth-order valence-corrected chi connectivity index (χ4v) is 5.20. The van der Waals surface area contributed by atoms with Crippen molar-refractivity contribution in [3.63, 3.8) is 0 Å². The second kappa shape index (κ2) is 6.97. The number of carbonyl (C=O) groups is 1. The molecule has 0 radical (unpaired) electrons. The van der Waals surface area contributed by atoms with Crippen LogP contribution in [0.25, 0.3) is 0 Å². The molecule has 5 rings (SSSR count). The van der Waals surface area contributed by atoms with E-state index in [1.807, 2.05) is 0 Å². The summed E-state index contributed by atoms with van der Waals surface area (Å²) in [5.41, 5.74) is 1.81. The van der Waals surface area contributed by atoms with Gasteiger partial charge in [0.15, 0.2) is 0 Å². The summed E-state index contributed by atoms with van der Waals surface area (Å²) in [5.74, 6) is 1.30. The molecule has 26 heavy (non-hydrogen) atoms. The average molecular weight is 358 g/mol. The number of nitrogens with zero attached hydrogens (tertiary/aromatic N) is 2. The zero-order valence-corrected chi connectivity index (χ0v) is 15.5. The third-order valence-corrected chi connectivity index (χ3v) is 6.85. The number of fused-ring (bicyclic) bond motifs is 1. The number of hydrogen-bond donors (Lipinski definition) is 2. The quantitative estimate of drug-likeness (QED) is 0.867. The van der Waals surface area contributed by atoms with Gasteiger partial charge < -0.3 is 10.1 Å². The molecule has 1 aromatic heterocycles. The van der Waals surface area contributed by atoms with E-state index in [1.165, 1.54) is 44.9 Å². The highest BCUT2D eigenvalue weighted by atomic mass is 16.5. The monoisotopic (exact) mass is 358 g/mol. The lowest BCUT2D eigenvalue weighted by Crippen LogP contribution is -2.47. The summed E-state index contributed by atoms with van der Waals surface area (Å²) in [6, 6.07) is 0.695. The molecule has 2 saturated carbocycles. The summed E-state index contributed by atoms with van der Waals surface area (Å²) < 4.78 is 6.07. The maximum absolute atomic E-state index is 12.9. The van der Waals surface area contributed by atoms with Gasteiger partial charge in [-0.15, -0.1) is 0 Å². The largest absolute Gasteiger partial charge is 0.375 e. The number of H-pyrrole nitrogens is 1. The van der Waals surface area contributed by atoms with Gasteiger partial charge in [0.1, 0.15) is 0 Å². The molecular formula is C20H30N4O2. The first kappa shape index (κ1) is 16.8. The highest BCUT2D eigenvalue weighted by Crippen LogP contribution is 2.38. The molecule has 6 heteroatoms. The average Bonchev–Trinajstić information content (AvgIpc) is 3.26. The van der Waals surface area contributed by atoms with Gasteiger partial charge in [-0.05, 0) is 38.0 Å². The van der Waals surface area contributed by atoms with Crippen LogP contribution in [0.3, 0.4) is 0 Å². The molecule has 4 fully saturated rings. The van der Waals surface area contributed by atoms with Crippen LogP contribution in [-0.2, 0) is 4.74 Å². The predicted octanol–water partition coefficient (Wildman–Crippen LogP) is 2.44. The maximum Gasteiger partial charge on any atom is 0.255 e. The Morgan fingerprint density at radius 2 is 2.04 bits per heavy atom. The summed E-state index contributed by atoms with van der Waals surface area (Å²) in [6.45, 7) is 2.83. The number of amides is 1. The lowest BCUT2D eigenvalue weighted by Gasteiger charge is -2.35. The SMILES string of the molecule is O=C(N[C@@H]1C[C@H]2CO[C@@H](C3CC3)CN2C1)c1cn[nH]c1C1CCCCC1. The molecule has 3 heterocycles. The predicted molar refractivity (Wildman–Crippen MR) is 98.1 cm³/mol. The summed E-state index contributed by atoms with van der Waals surface area (Å²) in [5, 5.41) is 10.6. The smallest absolute Gasteiger partial charge is 0.255 e. The number of ether oxygens (including phenoxy) is 1. The fourth-order valence-electron chi connectivity index (χ4n) is 5.20. The van der Waals surface area contributed by atoms with Gasteiger partial charge in [-0.25, -0.2) is 0 Å². The summed E-state index contributed by atoms with van der Waals surface area (Å²) in [7, 11) is 0. The molecule has 0 aromatic carbocycles. The van der Waals surface area contributed by atoms with Crippen LogP contribution < -0.4 is 5.32 Å². The normalized spacial score (nSPS) is 33.2. The molecule has 1 amide bonds. The van der Waals surface area contributed by atoms with E-state index in [9.17, 15) is 4.79 Å². The van der Waals surface area contributed by atoms with Crippen molar-refractivity contribution in [2.45, 2.75) is 75.5 Å². The van der Waals surface area contributed by atoms with Crippen molar-refractivity contribution in [3.05, 3.63) is 17.5 Å². The van der Waals surface area contributed by atoms with E-state index in [2.05, 4.69) is 20.4 Å². The van der Waals surface area contributed by atoms with Crippen LogP contribution in [0.1, 0.15) is 73.3 Å². The van der Waals surface area contributed by atoms with Crippen LogP contribution in [0, 0.1) is 5.92 Å².